The Morgan fingerprint density at radius 3 is 2.58 bits per heavy atom. The molecule has 0 spiro atoms. The number of thioether (sulfide) groups is 1. The summed E-state index contributed by atoms with van der Waals surface area (Å²) in [6.45, 7) is 2.55. The molecule has 0 saturated carbocycles. The molecule has 2 atom stereocenters. The fourth-order valence-corrected chi connectivity index (χ4v) is 5.87. The number of halogens is 2. The topological polar surface area (TPSA) is 78.2 Å². The zero-order valence-corrected chi connectivity index (χ0v) is 20.3. The zero-order chi connectivity index (χ0) is 25.2. The molecule has 1 saturated heterocycles. The maximum absolute atomic E-state index is 15.3. The zero-order valence-electron chi connectivity index (χ0n) is 19.5. The van der Waals surface area contributed by atoms with Gasteiger partial charge in [-0.25, -0.2) is 33.4 Å². The van der Waals surface area contributed by atoms with E-state index in [2.05, 4.69) is 15.3 Å². The van der Waals surface area contributed by atoms with E-state index in [0.717, 1.165) is 12.4 Å². The number of hydrogen-bond acceptors (Lipinski definition) is 6. The van der Waals surface area contributed by atoms with Gasteiger partial charge in [-0.1, -0.05) is 24.3 Å². The molecule has 184 valence electrons. The van der Waals surface area contributed by atoms with E-state index in [0.29, 0.717) is 46.8 Å². The molecule has 36 heavy (non-hydrogen) atoms. The predicted molar refractivity (Wildman–Crippen MR) is 134 cm³/mol. The van der Waals surface area contributed by atoms with E-state index in [4.69, 9.17) is 0 Å². The third kappa shape index (κ3) is 4.99. The van der Waals surface area contributed by atoms with Crippen molar-refractivity contribution in [2.45, 2.75) is 19.4 Å². The minimum Gasteiger partial charge on any atom is -0.336 e. The van der Waals surface area contributed by atoms with Gasteiger partial charge in [-0.15, -0.1) is 0 Å². The summed E-state index contributed by atoms with van der Waals surface area (Å²) in [6, 6.07) is 13.3. The first kappa shape index (κ1) is 24.1. The SMILES string of the molecule is CC(=O)Cc1ccc(F)c([N+]2=C(NC(=O)c3ccccc3)SC[C@@H]3CN(c4ncc(F)cn4)C[C@@H]32)c1. The number of aromatic nitrogens is 2. The first-order valence-electron chi connectivity index (χ1n) is 11.5. The number of hydrogen-bond donors (Lipinski definition) is 1. The fraction of sp³-hybridized carbons (Fsp3) is 0.269. The van der Waals surface area contributed by atoms with Crippen molar-refractivity contribution in [1.82, 2.24) is 15.3 Å². The first-order valence-corrected chi connectivity index (χ1v) is 12.5. The third-order valence-corrected chi connectivity index (χ3v) is 7.43. The van der Waals surface area contributed by atoms with Crippen molar-refractivity contribution in [2.24, 2.45) is 5.92 Å². The molecule has 5 rings (SSSR count). The standard InChI is InChI=1S/C26H23F2N5O2S/c1-16(34)9-17-7-8-21(28)22(10-17)33-23-14-32(25-29-11-20(27)12-30-25)13-19(23)15-36-26(33)31-24(35)18-5-3-2-4-6-18/h2-8,10-12,19,23H,9,13-15H2,1H3/p+1/t19-,23-/m0/s1. The number of amidine groups is 1. The number of anilines is 1. The van der Waals surface area contributed by atoms with E-state index >= 15 is 4.39 Å². The summed E-state index contributed by atoms with van der Waals surface area (Å²) in [4.78, 5) is 34.9. The molecule has 2 aromatic carbocycles. The van der Waals surface area contributed by atoms with Crippen molar-refractivity contribution in [3.05, 3.63) is 83.7 Å². The van der Waals surface area contributed by atoms with E-state index in [1.54, 1.807) is 36.4 Å². The van der Waals surface area contributed by atoms with Gasteiger partial charge >= 0.3 is 11.1 Å². The van der Waals surface area contributed by atoms with E-state index in [1.165, 1.54) is 24.8 Å². The number of carbonyl (C=O) groups excluding carboxylic acids is 2. The first-order chi connectivity index (χ1) is 17.4. The highest BCUT2D eigenvalue weighted by Gasteiger charge is 2.45. The molecule has 1 aromatic heterocycles. The van der Waals surface area contributed by atoms with Crippen molar-refractivity contribution in [3.63, 3.8) is 0 Å². The summed E-state index contributed by atoms with van der Waals surface area (Å²) in [5, 5.41) is 3.50. The Hall–Kier alpha value is -3.66. The Bertz CT molecular complexity index is 1330. The Morgan fingerprint density at radius 1 is 1.11 bits per heavy atom. The number of carbonyl (C=O) groups is 2. The summed E-state index contributed by atoms with van der Waals surface area (Å²) in [5.41, 5.74) is 1.48. The highest BCUT2D eigenvalue weighted by Crippen LogP contribution is 2.36. The van der Waals surface area contributed by atoms with Gasteiger partial charge < -0.3 is 4.90 Å². The van der Waals surface area contributed by atoms with E-state index in [9.17, 15) is 14.0 Å². The molecule has 2 aliphatic rings. The van der Waals surface area contributed by atoms with Crippen LogP contribution < -0.4 is 10.2 Å². The molecule has 1 fully saturated rings. The van der Waals surface area contributed by atoms with E-state index in [1.807, 2.05) is 15.5 Å². The van der Waals surface area contributed by atoms with Gasteiger partial charge in [0, 0.05) is 24.6 Å². The molecule has 10 heteroatoms. The van der Waals surface area contributed by atoms with Gasteiger partial charge in [0.25, 0.3) is 0 Å². The quantitative estimate of drug-likeness (QED) is 0.531. The predicted octanol–water partition coefficient (Wildman–Crippen LogP) is 3.57. The third-order valence-electron chi connectivity index (χ3n) is 6.26. The molecule has 2 aliphatic heterocycles. The maximum atomic E-state index is 15.3. The lowest BCUT2D eigenvalue weighted by atomic mass is 10.0. The summed E-state index contributed by atoms with van der Waals surface area (Å²) in [5.74, 6) is -0.0899. The number of Topliss-reactive ketones (excluding diaryl/α,β-unsaturated/α-hetero) is 1. The van der Waals surface area contributed by atoms with Crippen LogP contribution in [0.5, 0.6) is 0 Å². The van der Waals surface area contributed by atoms with Crippen LogP contribution in [0.1, 0.15) is 22.8 Å². The van der Waals surface area contributed by atoms with Crippen LogP contribution in [0.2, 0.25) is 0 Å². The van der Waals surface area contributed by atoms with Crippen molar-refractivity contribution in [3.8, 4) is 0 Å². The number of ketones is 1. The van der Waals surface area contributed by atoms with Gasteiger partial charge in [0.2, 0.25) is 5.95 Å². The number of benzene rings is 2. The highest BCUT2D eigenvalue weighted by molar-refractivity contribution is 8.13. The lowest BCUT2D eigenvalue weighted by Gasteiger charge is -2.26. The number of nitrogens with zero attached hydrogens (tertiary/aromatic N) is 4. The van der Waals surface area contributed by atoms with Gasteiger partial charge in [0.15, 0.2) is 17.3 Å². The molecule has 0 radical (unpaired) electrons. The second-order valence-corrected chi connectivity index (χ2v) is 9.91. The van der Waals surface area contributed by atoms with Crippen LogP contribution in [0.15, 0.2) is 60.9 Å². The summed E-state index contributed by atoms with van der Waals surface area (Å²) >= 11 is 1.44. The van der Waals surface area contributed by atoms with Crippen LogP contribution in [0, 0.1) is 17.6 Å². The van der Waals surface area contributed by atoms with Gasteiger partial charge in [0.05, 0.1) is 24.5 Å². The van der Waals surface area contributed by atoms with E-state index < -0.39 is 11.6 Å². The number of rotatable bonds is 5. The smallest absolute Gasteiger partial charge is 0.336 e. The van der Waals surface area contributed by atoms with Crippen molar-refractivity contribution in [2.75, 3.05) is 23.7 Å². The summed E-state index contributed by atoms with van der Waals surface area (Å²) < 4.78 is 30.5. The molecular weight excluding hydrogens is 484 g/mol. The van der Waals surface area contributed by atoms with Crippen LogP contribution in [0.25, 0.3) is 0 Å². The molecule has 0 unspecified atom stereocenters. The molecule has 1 amide bonds. The molecule has 1 N–H and O–H groups in total. The lowest BCUT2D eigenvalue weighted by Crippen LogP contribution is -2.45. The molecule has 0 bridgehead atoms. The molecule has 0 aliphatic carbocycles. The lowest BCUT2D eigenvalue weighted by molar-refractivity contribution is -0.489. The Labute approximate surface area is 211 Å². The van der Waals surface area contributed by atoms with Gasteiger partial charge in [-0.05, 0) is 48.5 Å². The van der Waals surface area contributed by atoms with Crippen molar-refractivity contribution in [1.29, 1.82) is 0 Å². The second kappa shape index (κ2) is 10.1. The van der Waals surface area contributed by atoms with Crippen LogP contribution >= 0.6 is 11.8 Å². The number of fused-ring (bicyclic) bond motifs is 1. The monoisotopic (exact) mass is 508 g/mol. The number of nitrogens with one attached hydrogen (secondary N) is 1. The maximum Gasteiger partial charge on any atom is 0.339 e. The largest absolute Gasteiger partial charge is 0.339 e. The van der Waals surface area contributed by atoms with Crippen LogP contribution in [0.4, 0.5) is 20.4 Å². The minimum absolute atomic E-state index is 0.0273. The van der Waals surface area contributed by atoms with Gasteiger partial charge in [-0.3, -0.25) is 4.79 Å². The summed E-state index contributed by atoms with van der Waals surface area (Å²) in [6.07, 6.45) is 2.43. The fourth-order valence-electron chi connectivity index (χ4n) is 4.63. The highest BCUT2D eigenvalue weighted by atomic mass is 32.2. The average Bonchev–Trinajstić information content (AvgIpc) is 3.30. The van der Waals surface area contributed by atoms with Crippen LogP contribution in [-0.2, 0) is 11.2 Å². The molecule has 7 nitrogen and oxygen atoms in total. The number of amides is 1. The molecule has 3 heterocycles. The summed E-state index contributed by atoms with van der Waals surface area (Å²) in [7, 11) is 0. The van der Waals surface area contributed by atoms with Crippen molar-refractivity contribution < 1.29 is 22.9 Å². The van der Waals surface area contributed by atoms with Crippen LogP contribution in [-0.4, -0.2) is 56.3 Å². The Kier molecular flexibility index (Phi) is 6.77. The minimum atomic E-state index is -0.517. The average molecular weight is 509 g/mol. The molecular formula is C26H24F2N5O2S+. The van der Waals surface area contributed by atoms with Gasteiger partial charge in [-0.2, -0.15) is 0 Å². The van der Waals surface area contributed by atoms with Crippen LogP contribution in [0.3, 0.4) is 0 Å². The Morgan fingerprint density at radius 2 is 1.86 bits per heavy atom. The normalized spacial score (nSPS) is 19.2. The Balaban J connectivity index is 1.55. The molecule has 3 aromatic rings. The van der Waals surface area contributed by atoms with E-state index in [-0.39, 0.29) is 30.1 Å². The second-order valence-electron chi connectivity index (χ2n) is 8.90. The van der Waals surface area contributed by atoms with Gasteiger partial charge in [0.1, 0.15) is 11.8 Å². The van der Waals surface area contributed by atoms with Crippen molar-refractivity contribution >= 4 is 40.3 Å².